The van der Waals surface area contributed by atoms with Crippen LogP contribution in [0.2, 0.25) is 0 Å². The molecule has 1 fully saturated rings. The summed E-state index contributed by atoms with van der Waals surface area (Å²) in [6, 6.07) is 0. The van der Waals surface area contributed by atoms with Crippen LogP contribution in [-0.2, 0) is 11.3 Å². The maximum atomic E-state index is 5.50. The second-order valence-electron chi connectivity index (χ2n) is 4.00. The average molecular weight is 207 g/mol. The fraction of sp³-hybridized carbons (Fsp3) is 0.636. The molecule has 2 heterocycles. The first-order valence-electron chi connectivity index (χ1n) is 5.42. The molecule has 0 amide bonds. The molecule has 1 saturated heterocycles. The van der Waals surface area contributed by atoms with Gasteiger partial charge in [-0.15, -0.1) is 0 Å². The molecule has 4 nitrogen and oxygen atoms in total. The lowest BCUT2D eigenvalue weighted by molar-refractivity contribution is 0.105. The molecule has 1 aromatic heterocycles. The van der Waals surface area contributed by atoms with E-state index in [1.165, 1.54) is 6.42 Å². The van der Waals surface area contributed by atoms with Crippen molar-refractivity contribution in [3.05, 3.63) is 24.3 Å². The lowest BCUT2D eigenvalue weighted by Gasteiger charge is -2.14. The molecule has 0 bridgehead atoms. The third kappa shape index (κ3) is 2.97. The van der Waals surface area contributed by atoms with Crippen LogP contribution in [0, 0.1) is 5.92 Å². The SMILES string of the molecule is CC1OCCC1CNCc1cncnc1. The molecule has 1 aliphatic rings. The highest BCUT2D eigenvalue weighted by Gasteiger charge is 2.23. The summed E-state index contributed by atoms with van der Waals surface area (Å²) in [5.41, 5.74) is 1.13. The Kier molecular flexibility index (Phi) is 3.64. The predicted molar refractivity (Wildman–Crippen MR) is 57.3 cm³/mol. The number of ether oxygens (including phenoxy) is 1. The number of hydrogen-bond donors (Lipinski definition) is 1. The van der Waals surface area contributed by atoms with Crippen LogP contribution >= 0.6 is 0 Å². The van der Waals surface area contributed by atoms with Crippen LogP contribution in [0.5, 0.6) is 0 Å². The first-order valence-corrected chi connectivity index (χ1v) is 5.42. The van der Waals surface area contributed by atoms with Gasteiger partial charge in [0.1, 0.15) is 6.33 Å². The lowest BCUT2D eigenvalue weighted by atomic mass is 10.0. The van der Waals surface area contributed by atoms with E-state index < -0.39 is 0 Å². The third-order valence-electron chi connectivity index (χ3n) is 2.88. The van der Waals surface area contributed by atoms with E-state index in [-0.39, 0.29) is 0 Å². The van der Waals surface area contributed by atoms with Crippen LogP contribution in [0.1, 0.15) is 18.9 Å². The highest BCUT2D eigenvalue weighted by Crippen LogP contribution is 2.19. The smallest absolute Gasteiger partial charge is 0.115 e. The van der Waals surface area contributed by atoms with Gasteiger partial charge in [-0.1, -0.05) is 0 Å². The molecule has 0 aliphatic carbocycles. The Balaban J connectivity index is 1.71. The van der Waals surface area contributed by atoms with Crippen molar-refractivity contribution in [2.75, 3.05) is 13.2 Å². The monoisotopic (exact) mass is 207 g/mol. The number of hydrogen-bond acceptors (Lipinski definition) is 4. The van der Waals surface area contributed by atoms with Gasteiger partial charge >= 0.3 is 0 Å². The Morgan fingerprint density at radius 3 is 2.93 bits per heavy atom. The molecule has 0 saturated carbocycles. The summed E-state index contributed by atoms with van der Waals surface area (Å²) in [4.78, 5) is 7.95. The standard InChI is InChI=1S/C11H17N3O/c1-9-11(2-3-15-9)7-12-4-10-5-13-8-14-6-10/h5-6,8-9,11-12H,2-4,7H2,1H3. The first-order chi connectivity index (χ1) is 7.36. The zero-order valence-corrected chi connectivity index (χ0v) is 9.02. The summed E-state index contributed by atoms with van der Waals surface area (Å²) in [6.07, 6.45) is 6.79. The number of aromatic nitrogens is 2. The zero-order chi connectivity index (χ0) is 10.5. The van der Waals surface area contributed by atoms with Crippen LogP contribution in [0.3, 0.4) is 0 Å². The molecule has 1 N–H and O–H groups in total. The van der Waals surface area contributed by atoms with E-state index >= 15 is 0 Å². The summed E-state index contributed by atoms with van der Waals surface area (Å²) in [5.74, 6) is 0.648. The lowest BCUT2D eigenvalue weighted by Crippen LogP contribution is -2.26. The van der Waals surface area contributed by atoms with Gasteiger partial charge < -0.3 is 10.1 Å². The van der Waals surface area contributed by atoms with Gasteiger partial charge in [-0.05, 0) is 19.3 Å². The summed E-state index contributed by atoms with van der Waals surface area (Å²) >= 11 is 0. The van der Waals surface area contributed by atoms with Crippen LogP contribution in [0.15, 0.2) is 18.7 Å². The van der Waals surface area contributed by atoms with Gasteiger partial charge in [0.25, 0.3) is 0 Å². The van der Waals surface area contributed by atoms with E-state index in [1.807, 2.05) is 12.4 Å². The fourth-order valence-corrected chi connectivity index (χ4v) is 1.87. The van der Waals surface area contributed by atoms with Gasteiger partial charge in [0.15, 0.2) is 0 Å². The van der Waals surface area contributed by atoms with Gasteiger partial charge in [-0.3, -0.25) is 0 Å². The molecular formula is C11H17N3O. The van der Waals surface area contributed by atoms with Gasteiger partial charge in [0.2, 0.25) is 0 Å². The van der Waals surface area contributed by atoms with E-state index in [0.717, 1.165) is 25.3 Å². The number of nitrogens with zero attached hydrogens (tertiary/aromatic N) is 2. The second kappa shape index (κ2) is 5.19. The van der Waals surface area contributed by atoms with Gasteiger partial charge in [0, 0.05) is 37.7 Å². The predicted octanol–water partition coefficient (Wildman–Crippen LogP) is 0.991. The van der Waals surface area contributed by atoms with E-state index in [2.05, 4.69) is 22.2 Å². The van der Waals surface area contributed by atoms with Crippen molar-refractivity contribution in [2.24, 2.45) is 5.92 Å². The second-order valence-corrected chi connectivity index (χ2v) is 4.00. The van der Waals surface area contributed by atoms with Crippen molar-refractivity contribution < 1.29 is 4.74 Å². The van der Waals surface area contributed by atoms with Crippen molar-refractivity contribution in [2.45, 2.75) is 26.0 Å². The molecule has 82 valence electrons. The Labute approximate surface area is 90.1 Å². The highest BCUT2D eigenvalue weighted by atomic mass is 16.5. The molecule has 0 radical (unpaired) electrons. The van der Waals surface area contributed by atoms with Crippen molar-refractivity contribution in [1.82, 2.24) is 15.3 Å². The minimum Gasteiger partial charge on any atom is -0.378 e. The highest BCUT2D eigenvalue weighted by molar-refractivity contribution is 5.01. The molecule has 0 spiro atoms. The van der Waals surface area contributed by atoms with Gasteiger partial charge in [-0.2, -0.15) is 0 Å². The van der Waals surface area contributed by atoms with Gasteiger partial charge in [-0.25, -0.2) is 9.97 Å². The van der Waals surface area contributed by atoms with Crippen molar-refractivity contribution in [3.63, 3.8) is 0 Å². The molecule has 2 atom stereocenters. The minimum absolute atomic E-state index is 0.393. The molecule has 1 aliphatic heterocycles. The molecule has 15 heavy (non-hydrogen) atoms. The average Bonchev–Trinajstić information content (AvgIpc) is 2.66. The van der Waals surface area contributed by atoms with Crippen molar-refractivity contribution in [1.29, 1.82) is 0 Å². The van der Waals surface area contributed by atoms with Crippen LogP contribution in [0.4, 0.5) is 0 Å². The van der Waals surface area contributed by atoms with Crippen LogP contribution in [-0.4, -0.2) is 29.2 Å². The Morgan fingerprint density at radius 2 is 2.27 bits per heavy atom. The van der Waals surface area contributed by atoms with E-state index in [0.29, 0.717) is 12.0 Å². The Bertz CT molecular complexity index is 291. The molecule has 1 aromatic rings. The molecule has 2 rings (SSSR count). The maximum Gasteiger partial charge on any atom is 0.115 e. The largest absolute Gasteiger partial charge is 0.378 e. The summed E-state index contributed by atoms with van der Waals surface area (Å²) in [5, 5.41) is 3.41. The fourth-order valence-electron chi connectivity index (χ4n) is 1.87. The first kappa shape index (κ1) is 10.5. The molecule has 4 heteroatoms. The molecule has 0 aromatic carbocycles. The summed E-state index contributed by atoms with van der Waals surface area (Å²) < 4.78 is 5.50. The van der Waals surface area contributed by atoms with E-state index in [1.54, 1.807) is 6.33 Å². The topological polar surface area (TPSA) is 47.0 Å². The molecular weight excluding hydrogens is 190 g/mol. The Hall–Kier alpha value is -1.00. The number of nitrogens with one attached hydrogen (secondary N) is 1. The summed E-state index contributed by atoms with van der Waals surface area (Å²) in [7, 11) is 0. The minimum atomic E-state index is 0.393. The maximum absolute atomic E-state index is 5.50. The third-order valence-corrected chi connectivity index (χ3v) is 2.88. The van der Waals surface area contributed by atoms with Crippen molar-refractivity contribution >= 4 is 0 Å². The van der Waals surface area contributed by atoms with Crippen LogP contribution in [0.25, 0.3) is 0 Å². The Morgan fingerprint density at radius 1 is 1.47 bits per heavy atom. The van der Waals surface area contributed by atoms with Gasteiger partial charge in [0.05, 0.1) is 6.10 Å². The molecule has 2 unspecified atom stereocenters. The summed E-state index contributed by atoms with van der Waals surface area (Å²) in [6.45, 7) is 4.90. The van der Waals surface area contributed by atoms with E-state index in [4.69, 9.17) is 4.74 Å². The van der Waals surface area contributed by atoms with E-state index in [9.17, 15) is 0 Å². The quantitative estimate of drug-likeness (QED) is 0.800. The van der Waals surface area contributed by atoms with Crippen LogP contribution < -0.4 is 5.32 Å². The zero-order valence-electron chi connectivity index (χ0n) is 9.02. The van der Waals surface area contributed by atoms with Crippen molar-refractivity contribution in [3.8, 4) is 0 Å². The number of rotatable bonds is 4. The normalized spacial score (nSPS) is 25.7.